The van der Waals surface area contributed by atoms with Gasteiger partial charge in [-0.2, -0.15) is 0 Å². The number of aliphatic hydroxyl groups excluding tert-OH is 1. The lowest BCUT2D eigenvalue weighted by atomic mass is 9.98. The fraction of sp³-hybridized carbons (Fsp3) is 0.185. The SMILES string of the molecule is C=C(O)c1c(F)cccc1NC(=O)[C@H](CC)NC(=O)OCC1c2ccccc2-c2ccccc21. The molecule has 1 aliphatic rings. The summed E-state index contributed by atoms with van der Waals surface area (Å²) in [6.45, 7) is 5.19. The lowest BCUT2D eigenvalue weighted by Crippen LogP contribution is -2.44. The normalized spacial score (nSPS) is 12.9. The highest BCUT2D eigenvalue weighted by molar-refractivity contribution is 5.98. The molecule has 0 saturated carbocycles. The van der Waals surface area contributed by atoms with Crippen LogP contribution in [0.25, 0.3) is 16.9 Å². The van der Waals surface area contributed by atoms with Crippen LogP contribution in [0.5, 0.6) is 0 Å². The molecular weight excluding hydrogens is 435 g/mol. The molecule has 2 amide bonds. The number of carbonyl (C=O) groups excluding carboxylic acids is 2. The van der Waals surface area contributed by atoms with Gasteiger partial charge in [0.15, 0.2) is 0 Å². The summed E-state index contributed by atoms with van der Waals surface area (Å²) in [5, 5.41) is 14.8. The predicted octanol–water partition coefficient (Wildman–Crippen LogP) is 5.61. The highest BCUT2D eigenvalue weighted by Crippen LogP contribution is 2.44. The van der Waals surface area contributed by atoms with Crippen molar-refractivity contribution in [3.63, 3.8) is 0 Å². The van der Waals surface area contributed by atoms with Crippen LogP contribution in [0, 0.1) is 5.82 Å². The first-order valence-corrected chi connectivity index (χ1v) is 11.0. The van der Waals surface area contributed by atoms with Crippen molar-refractivity contribution >= 4 is 23.4 Å². The Balaban J connectivity index is 1.42. The standard InChI is InChI=1S/C27H25FN2O4/c1-3-23(26(32)29-24-14-8-13-22(28)25(24)16(2)31)30-27(33)34-15-21-19-11-6-4-9-17(19)18-10-5-7-12-20(18)21/h4-14,21,23,31H,2-3,15H2,1H3,(H,29,32)(H,30,33)/t23-/m0/s1. The zero-order chi connectivity index (χ0) is 24.2. The van der Waals surface area contributed by atoms with Crippen molar-refractivity contribution in [1.82, 2.24) is 5.32 Å². The second kappa shape index (κ2) is 9.79. The van der Waals surface area contributed by atoms with E-state index < -0.39 is 29.6 Å². The fourth-order valence-electron chi connectivity index (χ4n) is 4.28. The summed E-state index contributed by atoms with van der Waals surface area (Å²) >= 11 is 0. The Kier molecular flexibility index (Phi) is 6.63. The molecule has 3 aromatic carbocycles. The number of alkyl carbamates (subject to hydrolysis) is 1. The molecule has 0 spiro atoms. The van der Waals surface area contributed by atoms with Crippen LogP contribution < -0.4 is 10.6 Å². The van der Waals surface area contributed by atoms with Crippen LogP contribution in [0.2, 0.25) is 0 Å². The summed E-state index contributed by atoms with van der Waals surface area (Å²) in [6.07, 6.45) is -0.448. The highest BCUT2D eigenvalue weighted by Gasteiger charge is 2.29. The molecule has 0 radical (unpaired) electrons. The average molecular weight is 461 g/mol. The molecule has 0 heterocycles. The molecule has 3 N–H and O–H groups in total. The molecule has 0 aromatic heterocycles. The molecule has 0 aliphatic heterocycles. The minimum Gasteiger partial charge on any atom is -0.508 e. The molecule has 7 heteroatoms. The number of nitrogens with one attached hydrogen (secondary N) is 2. The van der Waals surface area contributed by atoms with Crippen molar-refractivity contribution in [3.05, 3.63) is 95.8 Å². The Morgan fingerprint density at radius 2 is 1.65 bits per heavy atom. The summed E-state index contributed by atoms with van der Waals surface area (Å²) in [7, 11) is 0. The lowest BCUT2D eigenvalue weighted by molar-refractivity contribution is -0.118. The van der Waals surface area contributed by atoms with Crippen LogP contribution >= 0.6 is 0 Å². The Bertz CT molecular complexity index is 1210. The first-order chi connectivity index (χ1) is 16.4. The van der Waals surface area contributed by atoms with Gasteiger partial charge in [0.1, 0.15) is 24.2 Å². The van der Waals surface area contributed by atoms with Gasteiger partial charge in [0.25, 0.3) is 0 Å². The number of hydrogen-bond donors (Lipinski definition) is 3. The maximum atomic E-state index is 14.0. The lowest BCUT2D eigenvalue weighted by Gasteiger charge is -2.19. The molecule has 174 valence electrons. The van der Waals surface area contributed by atoms with Crippen molar-refractivity contribution in [3.8, 4) is 11.1 Å². The van der Waals surface area contributed by atoms with E-state index in [0.717, 1.165) is 28.3 Å². The molecule has 4 rings (SSSR count). The summed E-state index contributed by atoms with van der Waals surface area (Å²) in [6, 6.07) is 19.1. The van der Waals surface area contributed by atoms with Gasteiger partial charge in [0.05, 0.1) is 11.3 Å². The van der Waals surface area contributed by atoms with Gasteiger partial charge in [-0.25, -0.2) is 9.18 Å². The minimum atomic E-state index is -0.918. The number of halogens is 1. The van der Waals surface area contributed by atoms with E-state index in [2.05, 4.69) is 17.2 Å². The van der Waals surface area contributed by atoms with E-state index in [0.29, 0.717) is 0 Å². The van der Waals surface area contributed by atoms with Gasteiger partial charge >= 0.3 is 6.09 Å². The number of fused-ring (bicyclic) bond motifs is 3. The van der Waals surface area contributed by atoms with Gasteiger partial charge in [-0.15, -0.1) is 0 Å². The van der Waals surface area contributed by atoms with Crippen LogP contribution in [0.3, 0.4) is 0 Å². The van der Waals surface area contributed by atoms with E-state index in [1.807, 2.05) is 48.5 Å². The number of carbonyl (C=O) groups is 2. The van der Waals surface area contributed by atoms with E-state index in [-0.39, 0.29) is 30.2 Å². The van der Waals surface area contributed by atoms with E-state index in [1.54, 1.807) is 6.92 Å². The maximum absolute atomic E-state index is 14.0. The number of rotatable bonds is 7. The van der Waals surface area contributed by atoms with E-state index >= 15 is 0 Å². The fourth-order valence-corrected chi connectivity index (χ4v) is 4.28. The summed E-state index contributed by atoms with van der Waals surface area (Å²) in [5.74, 6) is -1.89. The average Bonchev–Trinajstić information content (AvgIpc) is 3.14. The number of ether oxygens (including phenoxy) is 1. The summed E-state index contributed by atoms with van der Waals surface area (Å²) < 4.78 is 19.6. The smallest absolute Gasteiger partial charge is 0.407 e. The maximum Gasteiger partial charge on any atom is 0.407 e. The van der Waals surface area contributed by atoms with Crippen LogP contribution in [-0.2, 0) is 9.53 Å². The number of aliphatic hydroxyl groups is 1. The van der Waals surface area contributed by atoms with Crippen LogP contribution in [-0.4, -0.2) is 29.8 Å². The topological polar surface area (TPSA) is 87.7 Å². The van der Waals surface area contributed by atoms with Gasteiger partial charge in [-0.1, -0.05) is 68.1 Å². The van der Waals surface area contributed by atoms with Gasteiger partial charge in [-0.05, 0) is 40.8 Å². The van der Waals surface area contributed by atoms with Crippen molar-refractivity contribution in [2.24, 2.45) is 0 Å². The summed E-state index contributed by atoms with van der Waals surface area (Å²) in [4.78, 5) is 25.3. The van der Waals surface area contributed by atoms with E-state index in [9.17, 15) is 19.1 Å². The molecule has 3 aromatic rings. The zero-order valence-corrected chi connectivity index (χ0v) is 18.7. The second-order valence-electron chi connectivity index (χ2n) is 8.03. The first-order valence-electron chi connectivity index (χ1n) is 11.0. The molecule has 6 nitrogen and oxygen atoms in total. The molecular formula is C27H25FN2O4. The Hall–Kier alpha value is -4.13. The van der Waals surface area contributed by atoms with Gasteiger partial charge < -0.3 is 20.5 Å². The van der Waals surface area contributed by atoms with E-state index in [4.69, 9.17) is 4.74 Å². The number of amides is 2. The third-order valence-corrected chi connectivity index (χ3v) is 5.92. The second-order valence-corrected chi connectivity index (χ2v) is 8.03. The molecule has 0 unspecified atom stereocenters. The van der Waals surface area contributed by atoms with Crippen molar-refractivity contribution in [2.45, 2.75) is 25.3 Å². The molecule has 34 heavy (non-hydrogen) atoms. The Morgan fingerprint density at radius 1 is 1.03 bits per heavy atom. The number of benzene rings is 3. The van der Waals surface area contributed by atoms with Gasteiger partial charge in [-0.3, -0.25) is 4.79 Å². The van der Waals surface area contributed by atoms with Crippen LogP contribution in [0.15, 0.2) is 73.3 Å². The molecule has 1 aliphatic carbocycles. The molecule has 0 bridgehead atoms. The largest absolute Gasteiger partial charge is 0.508 e. The van der Waals surface area contributed by atoms with Gasteiger partial charge in [0, 0.05) is 5.92 Å². The van der Waals surface area contributed by atoms with E-state index in [1.165, 1.54) is 12.1 Å². The molecule has 0 fully saturated rings. The monoisotopic (exact) mass is 460 g/mol. The minimum absolute atomic E-state index is 0.0605. The number of anilines is 1. The van der Waals surface area contributed by atoms with Gasteiger partial charge in [0.2, 0.25) is 5.91 Å². The van der Waals surface area contributed by atoms with Crippen LogP contribution in [0.4, 0.5) is 14.9 Å². The third kappa shape index (κ3) is 4.50. The van der Waals surface area contributed by atoms with Crippen molar-refractivity contribution < 1.29 is 23.8 Å². The third-order valence-electron chi connectivity index (χ3n) is 5.92. The van der Waals surface area contributed by atoms with Crippen molar-refractivity contribution in [1.29, 1.82) is 0 Å². The quantitative estimate of drug-likeness (QED) is 0.400. The Morgan fingerprint density at radius 3 is 2.24 bits per heavy atom. The Labute approximate surface area is 197 Å². The predicted molar refractivity (Wildman–Crippen MR) is 129 cm³/mol. The zero-order valence-electron chi connectivity index (χ0n) is 18.7. The first kappa shape index (κ1) is 23.0. The number of hydrogen-bond acceptors (Lipinski definition) is 4. The molecule has 1 atom stereocenters. The van der Waals surface area contributed by atoms with Crippen LogP contribution in [0.1, 0.15) is 36.0 Å². The molecule has 0 saturated heterocycles. The van der Waals surface area contributed by atoms with Crippen molar-refractivity contribution in [2.75, 3.05) is 11.9 Å². The summed E-state index contributed by atoms with van der Waals surface area (Å²) in [5.41, 5.74) is 4.27. The highest BCUT2D eigenvalue weighted by atomic mass is 19.1.